The molecule has 0 unspecified atom stereocenters. The van der Waals surface area contributed by atoms with Crippen molar-refractivity contribution in [1.29, 1.82) is 0 Å². The Kier molecular flexibility index (Phi) is 9.02. The van der Waals surface area contributed by atoms with Gasteiger partial charge in [0.2, 0.25) is 0 Å². The quantitative estimate of drug-likeness (QED) is 0.398. The number of hydrogen-bond acceptors (Lipinski definition) is 3. The summed E-state index contributed by atoms with van der Waals surface area (Å²) in [5, 5.41) is 1.54. The minimum atomic E-state index is -4.39. The Morgan fingerprint density at radius 2 is 1.07 bits per heavy atom. The second kappa shape index (κ2) is 11.1. The van der Waals surface area contributed by atoms with E-state index in [1.807, 2.05) is 0 Å². The number of benzene rings is 2. The van der Waals surface area contributed by atoms with Crippen LogP contribution in [0.25, 0.3) is 11.1 Å². The molecule has 0 amide bonds. The summed E-state index contributed by atoms with van der Waals surface area (Å²) in [5.41, 5.74) is 3.79. The minimum Gasteiger partial charge on any atom is -0.744 e. The summed E-state index contributed by atoms with van der Waals surface area (Å²) < 4.78 is 33.4. The maximum Gasteiger partial charge on any atom is 1.00 e. The Labute approximate surface area is 204 Å². The summed E-state index contributed by atoms with van der Waals surface area (Å²) in [6, 6.07) is 15.3. The average molecular weight is 453 g/mol. The second-order valence-electron chi connectivity index (χ2n) is 8.52. The van der Waals surface area contributed by atoms with Gasteiger partial charge in [-0.25, -0.2) is 8.42 Å². The summed E-state index contributed by atoms with van der Waals surface area (Å²) in [4.78, 5) is -0.170. The molecule has 0 saturated heterocycles. The van der Waals surface area contributed by atoms with E-state index in [0.29, 0.717) is 0 Å². The summed E-state index contributed by atoms with van der Waals surface area (Å²) in [7, 11) is -4.51. The monoisotopic (exact) mass is 452 g/mol. The van der Waals surface area contributed by atoms with Crippen LogP contribution in [-0.2, 0) is 10.1 Å². The molecule has 6 heteroatoms. The first-order valence-electron chi connectivity index (χ1n) is 11.0. The van der Waals surface area contributed by atoms with Crippen molar-refractivity contribution >= 4 is 23.3 Å². The Morgan fingerprint density at radius 1 is 0.667 bits per heavy atom. The van der Waals surface area contributed by atoms with E-state index in [0.717, 1.165) is 22.4 Å². The first-order valence-corrected chi connectivity index (χ1v) is 13.9. The van der Waals surface area contributed by atoms with Crippen molar-refractivity contribution in [1.82, 2.24) is 0 Å². The first-order chi connectivity index (χ1) is 14.0. The van der Waals surface area contributed by atoms with Gasteiger partial charge >= 0.3 is 29.6 Å². The third-order valence-corrected chi connectivity index (χ3v) is 10.9. The van der Waals surface area contributed by atoms with Crippen molar-refractivity contribution in [3.05, 3.63) is 48.5 Å². The summed E-state index contributed by atoms with van der Waals surface area (Å²) in [5.74, 6) is 0. The summed E-state index contributed by atoms with van der Waals surface area (Å²) >= 11 is 0. The fourth-order valence-electron chi connectivity index (χ4n) is 5.08. The molecule has 30 heavy (non-hydrogen) atoms. The Morgan fingerprint density at radius 3 is 1.47 bits per heavy atom. The van der Waals surface area contributed by atoms with Gasteiger partial charge in [-0.3, -0.25) is 0 Å². The molecule has 0 aliphatic heterocycles. The third-order valence-electron chi connectivity index (χ3n) is 6.58. The van der Waals surface area contributed by atoms with Gasteiger partial charge in [0.15, 0.2) is 0 Å². The molecule has 0 bridgehead atoms. The predicted octanol–water partition coefficient (Wildman–Crippen LogP) is 3.03. The molecule has 0 spiro atoms. The van der Waals surface area contributed by atoms with Crippen molar-refractivity contribution < 1.29 is 42.5 Å². The zero-order valence-corrected chi connectivity index (χ0v) is 21.6. The van der Waals surface area contributed by atoms with E-state index in [-0.39, 0.29) is 42.4 Å². The molecule has 2 aromatic carbocycles. The Hall–Kier alpha value is -0.220. The number of hydrogen-bond donors (Lipinski definition) is 0. The van der Waals surface area contributed by atoms with Gasteiger partial charge in [-0.2, -0.15) is 0 Å². The van der Waals surface area contributed by atoms with E-state index in [4.69, 9.17) is 0 Å². The van der Waals surface area contributed by atoms with Crippen LogP contribution >= 0.6 is 7.92 Å². The van der Waals surface area contributed by atoms with Crippen molar-refractivity contribution in [3.8, 4) is 11.1 Å². The van der Waals surface area contributed by atoms with Crippen LogP contribution < -0.4 is 34.9 Å². The number of rotatable bonds is 5. The van der Waals surface area contributed by atoms with Crippen LogP contribution in [0.3, 0.4) is 0 Å². The fraction of sp³-hybridized carbons (Fsp3) is 0.500. The maximum atomic E-state index is 11.1. The minimum absolute atomic E-state index is 0. The molecule has 0 radical (unpaired) electrons. The molecule has 0 atom stereocenters. The Bertz CT molecular complexity index is 882. The largest absolute Gasteiger partial charge is 1.00 e. The molecule has 2 fully saturated rings. The standard InChI is InChI=1S/C24H31O3PS.Na/c25-29(26,27)24-17-13-20(14-18-24)19-11-15-23(16-12-19)28(21-7-3-1-4-8-21)22-9-5-2-6-10-22;/h11-18,21-22H,1-10H2,(H,25,26,27);/q;+1/p-1. The smallest absolute Gasteiger partial charge is 0.744 e. The molecule has 2 aromatic rings. The van der Waals surface area contributed by atoms with Crippen molar-refractivity contribution in [2.24, 2.45) is 0 Å². The van der Waals surface area contributed by atoms with Crippen molar-refractivity contribution in [2.75, 3.05) is 0 Å². The van der Waals surface area contributed by atoms with Crippen LogP contribution in [0.5, 0.6) is 0 Å². The van der Waals surface area contributed by atoms with Crippen LogP contribution in [-0.4, -0.2) is 24.3 Å². The molecule has 0 aromatic heterocycles. The van der Waals surface area contributed by atoms with Crippen LogP contribution in [0.15, 0.2) is 53.4 Å². The molecule has 156 valence electrons. The summed E-state index contributed by atoms with van der Waals surface area (Å²) in [6.45, 7) is 0. The molecule has 0 N–H and O–H groups in total. The molecule has 4 rings (SSSR count). The molecule has 2 saturated carbocycles. The van der Waals surface area contributed by atoms with Gasteiger partial charge in [-0.1, -0.05) is 82.8 Å². The molecule has 3 nitrogen and oxygen atoms in total. The normalized spacial score (nSPS) is 18.9. The van der Waals surface area contributed by atoms with Gasteiger partial charge in [0, 0.05) is 0 Å². The van der Waals surface area contributed by atoms with Crippen LogP contribution in [0.1, 0.15) is 64.2 Å². The SMILES string of the molecule is O=S(=O)([O-])c1ccc(-c2ccc(P(C3CCCCC3)C3CCCCC3)cc2)cc1.[Na+]. The van der Waals surface area contributed by atoms with Gasteiger partial charge in [-0.05, 0) is 65.6 Å². The van der Waals surface area contributed by atoms with Crippen LogP contribution in [0, 0.1) is 0 Å². The molecular weight excluding hydrogens is 422 g/mol. The molecule has 2 aliphatic rings. The molecule has 2 aliphatic carbocycles. The predicted molar refractivity (Wildman–Crippen MR) is 120 cm³/mol. The van der Waals surface area contributed by atoms with Gasteiger partial charge in [-0.15, -0.1) is 0 Å². The fourth-order valence-corrected chi connectivity index (χ4v) is 9.32. The topological polar surface area (TPSA) is 57.2 Å². The first kappa shape index (κ1) is 24.4. The Balaban J connectivity index is 0.00000256. The summed E-state index contributed by atoms with van der Waals surface area (Å²) in [6.07, 6.45) is 14.0. The maximum absolute atomic E-state index is 11.1. The molecular formula is C24H30NaO3PS. The zero-order chi connectivity index (χ0) is 20.3. The van der Waals surface area contributed by atoms with E-state index < -0.39 is 10.1 Å². The average Bonchev–Trinajstić information content (AvgIpc) is 2.76. The van der Waals surface area contributed by atoms with Gasteiger partial charge in [0.05, 0.1) is 4.90 Å². The van der Waals surface area contributed by atoms with Gasteiger partial charge in [0.1, 0.15) is 10.1 Å². The zero-order valence-electron chi connectivity index (χ0n) is 17.9. The van der Waals surface area contributed by atoms with E-state index in [1.165, 1.54) is 76.3 Å². The van der Waals surface area contributed by atoms with Crippen molar-refractivity contribution in [3.63, 3.8) is 0 Å². The van der Waals surface area contributed by atoms with Gasteiger partial charge < -0.3 is 4.55 Å². The van der Waals surface area contributed by atoms with E-state index >= 15 is 0 Å². The van der Waals surface area contributed by atoms with Crippen LogP contribution in [0.4, 0.5) is 0 Å². The third kappa shape index (κ3) is 5.97. The van der Waals surface area contributed by atoms with E-state index in [9.17, 15) is 13.0 Å². The van der Waals surface area contributed by atoms with E-state index in [1.54, 1.807) is 17.4 Å². The van der Waals surface area contributed by atoms with Crippen LogP contribution in [0.2, 0.25) is 0 Å². The van der Waals surface area contributed by atoms with Crippen molar-refractivity contribution in [2.45, 2.75) is 80.4 Å². The molecule has 0 heterocycles. The van der Waals surface area contributed by atoms with E-state index in [2.05, 4.69) is 24.3 Å². The van der Waals surface area contributed by atoms with Gasteiger partial charge in [0.25, 0.3) is 0 Å². The second-order valence-corrected chi connectivity index (χ2v) is 12.7.